The van der Waals surface area contributed by atoms with Crippen molar-refractivity contribution in [3.63, 3.8) is 0 Å². The number of rotatable bonds is 6. The van der Waals surface area contributed by atoms with E-state index in [9.17, 15) is 4.79 Å². The second-order valence-electron chi connectivity index (χ2n) is 7.57. The van der Waals surface area contributed by atoms with Crippen LogP contribution in [0.2, 0.25) is 0 Å². The Kier molecular flexibility index (Phi) is 5.35. The normalized spacial score (nSPS) is 17.6. The second kappa shape index (κ2) is 8.07. The molecule has 5 heteroatoms. The molecule has 5 nitrogen and oxygen atoms in total. The van der Waals surface area contributed by atoms with E-state index < -0.39 is 0 Å². The molecular weight excluding hydrogens is 350 g/mol. The van der Waals surface area contributed by atoms with Gasteiger partial charge in [-0.3, -0.25) is 4.79 Å². The van der Waals surface area contributed by atoms with Gasteiger partial charge in [0.25, 0.3) is 0 Å². The van der Waals surface area contributed by atoms with E-state index in [1.54, 1.807) is 0 Å². The third-order valence-corrected chi connectivity index (χ3v) is 5.51. The summed E-state index contributed by atoms with van der Waals surface area (Å²) in [5.41, 5.74) is 4.64. The van der Waals surface area contributed by atoms with Gasteiger partial charge < -0.3 is 19.9 Å². The molecule has 2 unspecified atom stereocenters. The number of carbonyl (C=O) groups excluding carboxylic acids is 1. The third-order valence-electron chi connectivity index (χ3n) is 5.51. The molecule has 2 aromatic carbocycles. The van der Waals surface area contributed by atoms with Gasteiger partial charge in [-0.25, -0.2) is 0 Å². The second-order valence-corrected chi connectivity index (χ2v) is 7.57. The highest BCUT2D eigenvalue weighted by atomic mass is 16.5. The zero-order valence-corrected chi connectivity index (χ0v) is 16.4. The molecule has 2 N–H and O–H groups in total. The van der Waals surface area contributed by atoms with Crippen LogP contribution in [0.4, 0.5) is 5.69 Å². The first-order chi connectivity index (χ1) is 13.6. The molecular formula is C23H27N3O2. The fourth-order valence-electron chi connectivity index (χ4n) is 3.90. The Labute approximate surface area is 165 Å². The SMILES string of the molecule is CN(C)c1ccc(C(CNC(=O)C2CCCO2)c2c[nH]c3ccccc23)cc1. The van der Waals surface area contributed by atoms with E-state index in [1.165, 1.54) is 16.5 Å². The van der Waals surface area contributed by atoms with Crippen molar-refractivity contribution in [3.05, 3.63) is 65.9 Å². The molecule has 0 bridgehead atoms. The maximum absolute atomic E-state index is 12.5. The van der Waals surface area contributed by atoms with E-state index in [0.717, 1.165) is 24.0 Å². The van der Waals surface area contributed by atoms with Crippen LogP contribution < -0.4 is 10.2 Å². The molecule has 1 aliphatic heterocycles. The van der Waals surface area contributed by atoms with Crippen molar-refractivity contribution in [2.24, 2.45) is 0 Å². The predicted molar refractivity (Wildman–Crippen MR) is 113 cm³/mol. The van der Waals surface area contributed by atoms with Crippen LogP contribution in [0.5, 0.6) is 0 Å². The number of hydrogen-bond acceptors (Lipinski definition) is 3. The number of nitrogens with zero attached hydrogens (tertiary/aromatic N) is 1. The number of fused-ring (bicyclic) bond motifs is 1. The van der Waals surface area contributed by atoms with Gasteiger partial charge in [0, 0.05) is 56.0 Å². The minimum absolute atomic E-state index is 0.00717. The van der Waals surface area contributed by atoms with Crippen molar-refractivity contribution < 1.29 is 9.53 Å². The summed E-state index contributed by atoms with van der Waals surface area (Å²) in [6.45, 7) is 1.22. The molecule has 0 saturated carbocycles. The number of aromatic nitrogens is 1. The number of para-hydroxylation sites is 1. The summed E-state index contributed by atoms with van der Waals surface area (Å²) in [7, 11) is 4.07. The zero-order chi connectivity index (χ0) is 19.5. The molecule has 146 valence electrons. The van der Waals surface area contributed by atoms with Gasteiger partial charge >= 0.3 is 0 Å². The largest absolute Gasteiger partial charge is 0.378 e. The highest BCUT2D eigenvalue weighted by molar-refractivity contribution is 5.85. The Morgan fingerprint density at radius 3 is 2.71 bits per heavy atom. The molecule has 28 heavy (non-hydrogen) atoms. The highest BCUT2D eigenvalue weighted by Crippen LogP contribution is 2.31. The number of aromatic amines is 1. The summed E-state index contributed by atoms with van der Waals surface area (Å²) in [6.07, 6.45) is 3.52. The molecule has 1 saturated heterocycles. The minimum Gasteiger partial charge on any atom is -0.378 e. The van der Waals surface area contributed by atoms with Crippen LogP contribution in [0.25, 0.3) is 10.9 Å². The predicted octanol–water partition coefficient (Wildman–Crippen LogP) is 3.66. The van der Waals surface area contributed by atoms with Crippen LogP contribution in [-0.4, -0.2) is 44.2 Å². The molecule has 0 aliphatic carbocycles. The summed E-state index contributed by atoms with van der Waals surface area (Å²) < 4.78 is 5.53. The Morgan fingerprint density at radius 2 is 2.00 bits per heavy atom. The van der Waals surface area contributed by atoms with Crippen molar-refractivity contribution in [2.45, 2.75) is 24.9 Å². The number of H-pyrrole nitrogens is 1. The molecule has 1 aromatic heterocycles. The molecule has 0 radical (unpaired) electrons. The number of nitrogens with one attached hydrogen (secondary N) is 2. The van der Waals surface area contributed by atoms with Gasteiger partial charge in [-0.15, -0.1) is 0 Å². The maximum Gasteiger partial charge on any atom is 0.249 e. The first-order valence-electron chi connectivity index (χ1n) is 9.86. The quantitative estimate of drug-likeness (QED) is 0.689. The Balaban J connectivity index is 1.63. The molecule has 1 amide bonds. The smallest absolute Gasteiger partial charge is 0.249 e. The van der Waals surface area contributed by atoms with Crippen LogP contribution >= 0.6 is 0 Å². The Hall–Kier alpha value is -2.79. The van der Waals surface area contributed by atoms with Gasteiger partial charge in [0.05, 0.1) is 0 Å². The average molecular weight is 377 g/mol. The molecule has 3 aromatic rings. The Bertz CT molecular complexity index is 940. The molecule has 4 rings (SSSR count). The lowest BCUT2D eigenvalue weighted by Gasteiger charge is -2.21. The van der Waals surface area contributed by atoms with Gasteiger partial charge in [0.1, 0.15) is 6.10 Å². The Morgan fingerprint density at radius 1 is 1.21 bits per heavy atom. The van der Waals surface area contributed by atoms with Crippen molar-refractivity contribution in [2.75, 3.05) is 32.1 Å². The third kappa shape index (κ3) is 3.76. The fraction of sp³-hybridized carbons (Fsp3) is 0.348. The van der Waals surface area contributed by atoms with E-state index in [-0.39, 0.29) is 17.9 Å². The van der Waals surface area contributed by atoms with E-state index >= 15 is 0 Å². The standard InChI is InChI=1S/C23H27N3O2/c1-26(2)17-11-9-16(10-12-17)19(14-25-23(27)22-8-5-13-28-22)20-15-24-21-7-4-3-6-18(20)21/h3-4,6-7,9-12,15,19,22,24H,5,8,13-14H2,1-2H3,(H,25,27). The average Bonchev–Trinajstić information content (AvgIpc) is 3.39. The first-order valence-corrected chi connectivity index (χ1v) is 9.86. The molecule has 2 atom stereocenters. The van der Waals surface area contributed by atoms with Crippen molar-refractivity contribution in [1.82, 2.24) is 10.3 Å². The minimum atomic E-state index is -0.306. The van der Waals surface area contributed by atoms with E-state index in [0.29, 0.717) is 13.2 Å². The topological polar surface area (TPSA) is 57.4 Å². The van der Waals surface area contributed by atoms with Crippen molar-refractivity contribution >= 4 is 22.5 Å². The first kappa shape index (κ1) is 18.6. The number of ether oxygens (including phenoxy) is 1. The molecule has 0 spiro atoms. The van der Waals surface area contributed by atoms with Crippen LogP contribution in [0.1, 0.15) is 29.9 Å². The molecule has 2 heterocycles. The van der Waals surface area contributed by atoms with Crippen molar-refractivity contribution in [1.29, 1.82) is 0 Å². The molecule has 1 aliphatic rings. The van der Waals surface area contributed by atoms with Crippen LogP contribution in [0, 0.1) is 0 Å². The number of anilines is 1. The summed E-state index contributed by atoms with van der Waals surface area (Å²) in [6, 6.07) is 16.8. The van der Waals surface area contributed by atoms with Gasteiger partial charge in [-0.05, 0) is 42.2 Å². The lowest BCUT2D eigenvalue weighted by Crippen LogP contribution is -2.36. The highest BCUT2D eigenvalue weighted by Gasteiger charge is 2.25. The summed E-state index contributed by atoms with van der Waals surface area (Å²) in [5.74, 6) is 0.0602. The van der Waals surface area contributed by atoms with Gasteiger partial charge in [0.15, 0.2) is 0 Å². The number of amides is 1. The van der Waals surface area contributed by atoms with Crippen LogP contribution in [0.3, 0.4) is 0 Å². The van der Waals surface area contributed by atoms with E-state index in [4.69, 9.17) is 4.74 Å². The number of carbonyl (C=O) groups is 1. The van der Waals surface area contributed by atoms with E-state index in [1.807, 2.05) is 20.2 Å². The van der Waals surface area contributed by atoms with Gasteiger partial charge in [-0.2, -0.15) is 0 Å². The number of hydrogen-bond donors (Lipinski definition) is 2. The van der Waals surface area contributed by atoms with Crippen LogP contribution in [0.15, 0.2) is 54.7 Å². The monoisotopic (exact) mass is 377 g/mol. The van der Waals surface area contributed by atoms with E-state index in [2.05, 4.69) is 63.9 Å². The fourth-order valence-corrected chi connectivity index (χ4v) is 3.90. The zero-order valence-electron chi connectivity index (χ0n) is 16.4. The summed E-state index contributed by atoms with van der Waals surface area (Å²) in [5, 5.41) is 4.32. The molecule has 1 fully saturated rings. The van der Waals surface area contributed by atoms with Crippen molar-refractivity contribution in [3.8, 4) is 0 Å². The van der Waals surface area contributed by atoms with Gasteiger partial charge in [-0.1, -0.05) is 30.3 Å². The van der Waals surface area contributed by atoms with Crippen LogP contribution in [-0.2, 0) is 9.53 Å². The number of benzene rings is 2. The lowest BCUT2D eigenvalue weighted by molar-refractivity contribution is -0.130. The summed E-state index contributed by atoms with van der Waals surface area (Å²) in [4.78, 5) is 18.0. The van der Waals surface area contributed by atoms with Gasteiger partial charge in [0.2, 0.25) is 5.91 Å². The summed E-state index contributed by atoms with van der Waals surface area (Å²) >= 11 is 0. The maximum atomic E-state index is 12.5. The lowest BCUT2D eigenvalue weighted by atomic mass is 9.90.